The van der Waals surface area contributed by atoms with Crippen molar-refractivity contribution in [3.63, 3.8) is 0 Å². The van der Waals surface area contributed by atoms with Gasteiger partial charge in [0.1, 0.15) is 0 Å². The van der Waals surface area contributed by atoms with E-state index >= 15 is 0 Å². The molecule has 1 amide bonds. The molecule has 152 valence electrons. The quantitative estimate of drug-likeness (QED) is 0.614. The fraction of sp³-hybridized carbons (Fsp3) is 0.476. The zero-order valence-electron chi connectivity index (χ0n) is 16.9. The molecule has 2 atom stereocenters. The summed E-state index contributed by atoms with van der Waals surface area (Å²) < 4.78 is 1.78. The number of hydrogen-bond acceptors (Lipinski definition) is 4. The van der Waals surface area contributed by atoms with Crippen LogP contribution in [-0.4, -0.2) is 44.5 Å². The molecule has 0 radical (unpaired) electrons. The fourth-order valence-electron chi connectivity index (χ4n) is 3.31. The maximum absolute atomic E-state index is 12.3. The van der Waals surface area contributed by atoms with E-state index in [1.807, 2.05) is 32.9 Å². The number of benzene rings is 1. The Hall–Kier alpha value is -2.67. The van der Waals surface area contributed by atoms with E-state index < -0.39 is 5.97 Å². The van der Waals surface area contributed by atoms with Crippen molar-refractivity contribution >= 4 is 11.9 Å². The number of aliphatic hydroxyl groups is 1. The van der Waals surface area contributed by atoms with Crippen LogP contribution in [0.1, 0.15) is 54.0 Å². The summed E-state index contributed by atoms with van der Waals surface area (Å²) in [5.41, 5.74) is 4.04. The van der Waals surface area contributed by atoms with Crippen LogP contribution in [0, 0.1) is 19.8 Å². The minimum absolute atomic E-state index is 0.0694. The normalized spacial score (nSPS) is 13.2. The SMILES string of the molecule is Cc1nn(-c2ccc(C(=O)NCC(C)CC(C)O)cc2)c(C)c1CCC(=O)O. The highest BCUT2D eigenvalue weighted by molar-refractivity contribution is 5.94. The summed E-state index contributed by atoms with van der Waals surface area (Å²) in [6, 6.07) is 7.15. The number of carboxylic acid groups (broad SMARTS) is 1. The second-order valence-electron chi connectivity index (χ2n) is 7.40. The molecule has 0 saturated carbocycles. The Morgan fingerprint density at radius 2 is 1.82 bits per heavy atom. The first-order chi connectivity index (χ1) is 13.2. The molecule has 7 heteroatoms. The Bertz CT molecular complexity index is 825. The van der Waals surface area contributed by atoms with Crippen molar-refractivity contribution in [3.8, 4) is 5.69 Å². The molecular weight excluding hydrogens is 358 g/mol. The second kappa shape index (κ2) is 9.50. The fourth-order valence-corrected chi connectivity index (χ4v) is 3.31. The number of nitrogens with one attached hydrogen (secondary N) is 1. The van der Waals surface area contributed by atoms with Gasteiger partial charge in [-0.15, -0.1) is 0 Å². The third-order valence-corrected chi connectivity index (χ3v) is 4.76. The highest BCUT2D eigenvalue weighted by Gasteiger charge is 2.15. The molecule has 0 aliphatic heterocycles. The highest BCUT2D eigenvalue weighted by atomic mass is 16.4. The summed E-state index contributed by atoms with van der Waals surface area (Å²) in [6.07, 6.45) is 0.770. The largest absolute Gasteiger partial charge is 0.481 e. The average Bonchev–Trinajstić information content (AvgIpc) is 2.91. The van der Waals surface area contributed by atoms with Gasteiger partial charge in [0, 0.05) is 24.2 Å². The molecule has 0 fully saturated rings. The molecule has 0 aliphatic rings. The molecule has 0 bridgehead atoms. The summed E-state index contributed by atoms with van der Waals surface area (Å²) in [6.45, 7) is 8.03. The third kappa shape index (κ3) is 5.66. The number of aryl methyl sites for hydroxylation is 1. The number of carbonyl (C=O) groups is 2. The minimum atomic E-state index is -0.829. The van der Waals surface area contributed by atoms with Gasteiger partial charge in [-0.25, -0.2) is 4.68 Å². The number of aliphatic hydroxyl groups excluding tert-OH is 1. The first-order valence-electron chi connectivity index (χ1n) is 9.52. The second-order valence-corrected chi connectivity index (χ2v) is 7.40. The molecular formula is C21H29N3O4. The maximum Gasteiger partial charge on any atom is 0.303 e. The number of aliphatic carboxylic acids is 1. The smallest absolute Gasteiger partial charge is 0.303 e. The Labute approximate surface area is 165 Å². The first-order valence-corrected chi connectivity index (χ1v) is 9.52. The lowest BCUT2D eigenvalue weighted by Gasteiger charge is -2.14. The minimum Gasteiger partial charge on any atom is -0.481 e. The van der Waals surface area contributed by atoms with Crippen LogP contribution in [0.3, 0.4) is 0 Å². The maximum atomic E-state index is 12.3. The molecule has 1 heterocycles. The number of nitrogens with zero attached hydrogens (tertiary/aromatic N) is 2. The molecule has 7 nitrogen and oxygen atoms in total. The van der Waals surface area contributed by atoms with E-state index in [0.29, 0.717) is 24.9 Å². The van der Waals surface area contributed by atoms with Gasteiger partial charge < -0.3 is 15.5 Å². The molecule has 0 spiro atoms. The Kier molecular flexibility index (Phi) is 7.34. The number of aromatic nitrogens is 2. The van der Waals surface area contributed by atoms with Crippen LogP contribution in [0.2, 0.25) is 0 Å². The predicted octanol–water partition coefficient (Wildman–Crippen LogP) is 2.64. The number of amides is 1. The van der Waals surface area contributed by atoms with Crippen molar-refractivity contribution in [2.75, 3.05) is 6.54 Å². The van der Waals surface area contributed by atoms with E-state index in [1.165, 1.54) is 0 Å². The molecule has 0 aliphatic carbocycles. The lowest BCUT2D eigenvalue weighted by Crippen LogP contribution is -2.29. The highest BCUT2D eigenvalue weighted by Crippen LogP contribution is 2.20. The molecule has 0 saturated heterocycles. The Morgan fingerprint density at radius 3 is 2.39 bits per heavy atom. The van der Waals surface area contributed by atoms with Crippen LogP contribution in [0.15, 0.2) is 24.3 Å². The zero-order valence-corrected chi connectivity index (χ0v) is 16.9. The zero-order chi connectivity index (χ0) is 20.8. The number of rotatable bonds is 9. The average molecular weight is 387 g/mol. The van der Waals surface area contributed by atoms with Crippen LogP contribution in [-0.2, 0) is 11.2 Å². The van der Waals surface area contributed by atoms with Crippen molar-refractivity contribution < 1.29 is 19.8 Å². The van der Waals surface area contributed by atoms with Crippen LogP contribution in [0.4, 0.5) is 0 Å². The number of carboxylic acids is 1. The van der Waals surface area contributed by atoms with Crippen molar-refractivity contribution in [1.82, 2.24) is 15.1 Å². The molecule has 2 unspecified atom stereocenters. The molecule has 2 aromatic rings. The van der Waals surface area contributed by atoms with Crippen LogP contribution >= 0.6 is 0 Å². The Morgan fingerprint density at radius 1 is 1.18 bits per heavy atom. The van der Waals surface area contributed by atoms with E-state index in [4.69, 9.17) is 5.11 Å². The Balaban J connectivity index is 2.07. The van der Waals surface area contributed by atoms with E-state index in [1.54, 1.807) is 23.7 Å². The van der Waals surface area contributed by atoms with Gasteiger partial charge in [0.2, 0.25) is 0 Å². The third-order valence-electron chi connectivity index (χ3n) is 4.76. The van der Waals surface area contributed by atoms with Crippen molar-refractivity contribution in [2.45, 2.75) is 53.1 Å². The van der Waals surface area contributed by atoms with E-state index in [2.05, 4.69) is 10.4 Å². The lowest BCUT2D eigenvalue weighted by atomic mass is 10.0. The van der Waals surface area contributed by atoms with E-state index in [-0.39, 0.29) is 24.3 Å². The number of carbonyl (C=O) groups excluding carboxylic acids is 1. The summed E-state index contributed by atoms with van der Waals surface area (Å²) in [4.78, 5) is 23.1. The van der Waals surface area contributed by atoms with Crippen molar-refractivity contribution in [1.29, 1.82) is 0 Å². The predicted molar refractivity (Wildman–Crippen MR) is 107 cm³/mol. The topological polar surface area (TPSA) is 104 Å². The molecule has 2 rings (SSSR count). The standard InChI is InChI=1S/C21H29N3O4/c1-13(11-14(2)25)12-22-21(28)17-5-7-18(8-6-17)24-16(4)19(15(3)23-24)9-10-20(26)27/h5-8,13-14,25H,9-12H2,1-4H3,(H,22,28)(H,26,27). The van der Waals surface area contributed by atoms with Crippen molar-refractivity contribution in [2.24, 2.45) is 5.92 Å². The van der Waals surface area contributed by atoms with Gasteiger partial charge in [-0.1, -0.05) is 6.92 Å². The van der Waals surface area contributed by atoms with Gasteiger partial charge >= 0.3 is 5.97 Å². The molecule has 1 aromatic heterocycles. The van der Waals surface area contributed by atoms with Crippen molar-refractivity contribution in [3.05, 3.63) is 46.8 Å². The van der Waals surface area contributed by atoms with Gasteiger partial charge in [-0.3, -0.25) is 9.59 Å². The van der Waals surface area contributed by atoms with Gasteiger partial charge in [-0.05, 0) is 69.4 Å². The van der Waals surface area contributed by atoms with Gasteiger partial charge in [-0.2, -0.15) is 5.10 Å². The summed E-state index contributed by atoms with van der Waals surface area (Å²) in [5, 5.41) is 25.7. The first kappa shape index (κ1) is 21.6. The summed E-state index contributed by atoms with van der Waals surface area (Å²) >= 11 is 0. The molecule has 3 N–H and O–H groups in total. The molecule has 1 aromatic carbocycles. The summed E-state index contributed by atoms with van der Waals surface area (Å²) in [5.74, 6) is -0.786. The monoisotopic (exact) mass is 387 g/mol. The van der Waals surface area contributed by atoms with E-state index in [9.17, 15) is 14.7 Å². The van der Waals surface area contributed by atoms with E-state index in [0.717, 1.165) is 22.6 Å². The van der Waals surface area contributed by atoms with Crippen LogP contribution < -0.4 is 5.32 Å². The molecule has 28 heavy (non-hydrogen) atoms. The van der Waals surface area contributed by atoms with Gasteiger partial charge in [0.05, 0.1) is 17.5 Å². The van der Waals surface area contributed by atoms with Crippen LogP contribution in [0.25, 0.3) is 5.69 Å². The lowest BCUT2D eigenvalue weighted by molar-refractivity contribution is -0.136. The summed E-state index contributed by atoms with van der Waals surface area (Å²) in [7, 11) is 0. The van der Waals surface area contributed by atoms with Gasteiger partial charge in [0.25, 0.3) is 5.91 Å². The van der Waals surface area contributed by atoms with Gasteiger partial charge in [0.15, 0.2) is 0 Å². The number of hydrogen-bond donors (Lipinski definition) is 3. The van der Waals surface area contributed by atoms with Crippen LogP contribution in [0.5, 0.6) is 0 Å².